The van der Waals surface area contributed by atoms with Gasteiger partial charge in [-0.25, -0.2) is 0 Å². The highest BCUT2D eigenvalue weighted by atomic mass is 79.9. The van der Waals surface area contributed by atoms with Gasteiger partial charge < -0.3 is 5.73 Å². The molecule has 2 N–H and O–H groups in total. The lowest BCUT2D eigenvalue weighted by Gasteiger charge is -2.20. The first-order valence-electron chi connectivity index (χ1n) is 5.59. The first kappa shape index (κ1) is 11.2. The molecule has 1 aromatic rings. The van der Waals surface area contributed by atoms with Crippen molar-refractivity contribution in [2.24, 2.45) is 5.73 Å². The predicted octanol–water partition coefficient (Wildman–Crippen LogP) is 3.56. The maximum atomic E-state index is 5.90. The molecule has 1 fully saturated rings. The van der Waals surface area contributed by atoms with Gasteiger partial charge >= 0.3 is 0 Å². The molecule has 1 nitrogen and oxygen atoms in total. The molecule has 0 aromatic heterocycles. The largest absolute Gasteiger partial charge is 0.330 e. The monoisotopic (exact) mass is 267 g/mol. The van der Waals surface area contributed by atoms with E-state index < -0.39 is 0 Å². The number of rotatable bonds is 3. The SMILES string of the molecule is CC(C)c1ccc(Br)cc1C1(CN)CC1. The average molecular weight is 268 g/mol. The van der Waals surface area contributed by atoms with Gasteiger partial charge in [0.25, 0.3) is 0 Å². The number of halogens is 1. The first-order valence-corrected chi connectivity index (χ1v) is 6.38. The smallest absolute Gasteiger partial charge is 0.0178 e. The molecular weight excluding hydrogens is 250 g/mol. The van der Waals surface area contributed by atoms with Gasteiger partial charge in [-0.2, -0.15) is 0 Å². The highest BCUT2D eigenvalue weighted by Crippen LogP contribution is 2.50. The molecule has 1 aromatic carbocycles. The maximum Gasteiger partial charge on any atom is 0.0178 e. The van der Waals surface area contributed by atoms with Gasteiger partial charge in [-0.3, -0.25) is 0 Å². The Morgan fingerprint density at radius 3 is 2.53 bits per heavy atom. The van der Waals surface area contributed by atoms with Crippen molar-refractivity contribution in [3.8, 4) is 0 Å². The Bertz CT molecular complexity index is 367. The summed E-state index contributed by atoms with van der Waals surface area (Å²) in [5, 5.41) is 0. The second-order valence-corrected chi connectivity index (χ2v) is 5.79. The molecule has 0 heterocycles. The molecule has 0 amide bonds. The molecule has 0 unspecified atom stereocenters. The summed E-state index contributed by atoms with van der Waals surface area (Å²) in [4.78, 5) is 0. The Morgan fingerprint density at radius 1 is 1.40 bits per heavy atom. The van der Waals surface area contributed by atoms with Crippen molar-refractivity contribution in [3.05, 3.63) is 33.8 Å². The Kier molecular flexibility index (Phi) is 2.91. The number of hydrogen-bond acceptors (Lipinski definition) is 1. The van der Waals surface area contributed by atoms with E-state index in [1.54, 1.807) is 0 Å². The number of nitrogens with two attached hydrogens (primary N) is 1. The topological polar surface area (TPSA) is 26.0 Å². The third kappa shape index (κ3) is 1.98. The van der Waals surface area contributed by atoms with Crippen LogP contribution in [-0.4, -0.2) is 6.54 Å². The number of benzene rings is 1. The van der Waals surface area contributed by atoms with Gasteiger partial charge in [0.05, 0.1) is 0 Å². The third-order valence-electron chi connectivity index (χ3n) is 3.45. The minimum atomic E-state index is 0.295. The fourth-order valence-electron chi connectivity index (χ4n) is 2.23. The summed E-state index contributed by atoms with van der Waals surface area (Å²) in [6.07, 6.45) is 2.50. The molecule has 0 radical (unpaired) electrons. The van der Waals surface area contributed by atoms with Crippen molar-refractivity contribution >= 4 is 15.9 Å². The van der Waals surface area contributed by atoms with Gasteiger partial charge in [0, 0.05) is 16.4 Å². The Balaban J connectivity index is 2.48. The van der Waals surface area contributed by atoms with Crippen LogP contribution >= 0.6 is 15.9 Å². The van der Waals surface area contributed by atoms with Crippen LogP contribution < -0.4 is 5.73 Å². The molecule has 0 spiro atoms. The van der Waals surface area contributed by atoms with E-state index in [0.717, 1.165) is 6.54 Å². The van der Waals surface area contributed by atoms with E-state index in [1.807, 2.05) is 0 Å². The Hall–Kier alpha value is -0.340. The highest BCUT2D eigenvalue weighted by molar-refractivity contribution is 9.10. The zero-order valence-corrected chi connectivity index (χ0v) is 11.0. The van der Waals surface area contributed by atoms with Crippen molar-refractivity contribution in [1.82, 2.24) is 0 Å². The van der Waals surface area contributed by atoms with E-state index in [2.05, 4.69) is 48.0 Å². The summed E-state index contributed by atoms with van der Waals surface area (Å²) in [6, 6.07) is 6.63. The average Bonchev–Trinajstić information content (AvgIpc) is 2.97. The molecule has 0 bridgehead atoms. The lowest BCUT2D eigenvalue weighted by atomic mass is 9.87. The van der Waals surface area contributed by atoms with Crippen LogP contribution in [0, 0.1) is 0 Å². The fourth-order valence-corrected chi connectivity index (χ4v) is 2.59. The summed E-state index contributed by atoms with van der Waals surface area (Å²) >= 11 is 3.55. The van der Waals surface area contributed by atoms with Crippen LogP contribution in [0.25, 0.3) is 0 Å². The van der Waals surface area contributed by atoms with Crippen LogP contribution in [0.1, 0.15) is 43.7 Å². The van der Waals surface area contributed by atoms with Gasteiger partial charge in [0.1, 0.15) is 0 Å². The second-order valence-electron chi connectivity index (χ2n) is 4.87. The van der Waals surface area contributed by atoms with E-state index in [-0.39, 0.29) is 0 Å². The van der Waals surface area contributed by atoms with Crippen LogP contribution in [0.2, 0.25) is 0 Å². The van der Waals surface area contributed by atoms with E-state index in [0.29, 0.717) is 11.3 Å². The van der Waals surface area contributed by atoms with Crippen molar-refractivity contribution in [1.29, 1.82) is 0 Å². The molecule has 0 saturated heterocycles. The normalized spacial score (nSPS) is 18.2. The minimum Gasteiger partial charge on any atom is -0.330 e. The summed E-state index contributed by atoms with van der Waals surface area (Å²) in [7, 11) is 0. The Labute approximate surface area is 100 Å². The molecule has 1 aliphatic carbocycles. The van der Waals surface area contributed by atoms with Crippen molar-refractivity contribution in [2.75, 3.05) is 6.54 Å². The zero-order valence-electron chi connectivity index (χ0n) is 9.39. The van der Waals surface area contributed by atoms with Crippen LogP contribution in [-0.2, 0) is 5.41 Å². The van der Waals surface area contributed by atoms with E-state index in [9.17, 15) is 0 Å². The van der Waals surface area contributed by atoms with Gasteiger partial charge in [0.2, 0.25) is 0 Å². The molecule has 0 atom stereocenters. The lowest BCUT2D eigenvalue weighted by molar-refractivity contribution is 0.681. The van der Waals surface area contributed by atoms with Gasteiger partial charge in [-0.1, -0.05) is 35.8 Å². The summed E-state index contributed by atoms with van der Waals surface area (Å²) in [5.74, 6) is 0.581. The third-order valence-corrected chi connectivity index (χ3v) is 3.95. The van der Waals surface area contributed by atoms with Gasteiger partial charge in [-0.05, 0) is 42.0 Å². The second kappa shape index (κ2) is 3.91. The summed E-state index contributed by atoms with van der Waals surface area (Å²) in [6.45, 7) is 5.28. The highest BCUT2D eigenvalue weighted by Gasteiger charge is 2.44. The number of hydrogen-bond donors (Lipinski definition) is 1. The van der Waals surface area contributed by atoms with Gasteiger partial charge in [-0.15, -0.1) is 0 Å². The maximum absolute atomic E-state index is 5.90. The first-order chi connectivity index (χ1) is 7.09. The standard InChI is InChI=1S/C13H18BrN/c1-9(2)11-4-3-10(14)7-12(11)13(8-15)5-6-13/h3-4,7,9H,5-6,8,15H2,1-2H3. The van der Waals surface area contributed by atoms with Crippen molar-refractivity contribution < 1.29 is 0 Å². The van der Waals surface area contributed by atoms with Gasteiger partial charge in [0.15, 0.2) is 0 Å². The van der Waals surface area contributed by atoms with Crippen LogP contribution in [0.3, 0.4) is 0 Å². The van der Waals surface area contributed by atoms with Crippen LogP contribution in [0.15, 0.2) is 22.7 Å². The predicted molar refractivity (Wildman–Crippen MR) is 68.2 cm³/mol. The molecule has 2 heteroatoms. The van der Waals surface area contributed by atoms with E-state index in [4.69, 9.17) is 5.73 Å². The molecular formula is C13H18BrN. The molecule has 15 heavy (non-hydrogen) atoms. The molecule has 1 aliphatic rings. The summed E-state index contributed by atoms with van der Waals surface area (Å²) in [5.41, 5.74) is 9.13. The minimum absolute atomic E-state index is 0.295. The summed E-state index contributed by atoms with van der Waals surface area (Å²) < 4.78 is 1.17. The van der Waals surface area contributed by atoms with Crippen molar-refractivity contribution in [3.63, 3.8) is 0 Å². The fraction of sp³-hybridized carbons (Fsp3) is 0.538. The molecule has 2 rings (SSSR count). The molecule has 0 aliphatic heterocycles. The van der Waals surface area contributed by atoms with Crippen molar-refractivity contribution in [2.45, 2.75) is 38.0 Å². The molecule has 1 saturated carbocycles. The zero-order chi connectivity index (χ0) is 11.1. The lowest BCUT2D eigenvalue weighted by Crippen LogP contribution is -2.21. The Morgan fingerprint density at radius 2 is 2.07 bits per heavy atom. The molecule has 82 valence electrons. The quantitative estimate of drug-likeness (QED) is 0.891. The van der Waals surface area contributed by atoms with E-state index >= 15 is 0 Å². The van der Waals surface area contributed by atoms with Crippen LogP contribution in [0.5, 0.6) is 0 Å². The van der Waals surface area contributed by atoms with Crippen LogP contribution in [0.4, 0.5) is 0 Å². The van der Waals surface area contributed by atoms with E-state index in [1.165, 1.54) is 28.4 Å².